The lowest BCUT2D eigenvalue weighted by Crippen LogP contribution is -2.24. The molecule has 18 heteroatoms. The maximum absolute atomic E-state index is 12.5. The molecule has 0 aromatic heterocycles. The van der Waals surface area contributed by atoms with Gasteiger partial charge in [-0.2, -0.15) is 0 Å². The van der Waals surface area contributed by atoms with Gasteiger partial charge in [-0.1, -0.05) is 189 Å². The fourth-order valence-electron chi connectivity index (χ4n) is 11.3. The summed E-state index contributed by atoms with van der Waals surface area (Å²) in [4.78, 5) is 14.1. The zero-order valence-electron chi connectivity index (χ0n) is 54.7. The number of ether oxygens (including phenoxy) is 1. The van der Waals surface area contributed by atoms with Crippen molar-refractivity contribution in [3.63, 3.8) is 0 Å². The zero-order valence-corrected chi connectivity index (χ0v) is 58.8. The van der Waals surface area contributed by atoms with E-state index in [1.165, 1.54) is 101 Å². The van der Waals surface area contributed by atoms with E-state index in [2.05, 4.69) is 186 Å². The first-order chi connectivity index (χ1) is 45.6. The highest BCUT2D eigenvalue weighted by Gasteiger charge is 2.28. The Morgan fingerprint density at radius 3 is 1.22 bits per heavy atom. The van der Waals surface area contributed by atoms with Crippen LogP contribution in [0.3, 0.4) is 0 Å². The van der Waals surface area contributed by atoms with Crippen LogP contribution in [0, 0.1) is 27.3 Å². The first-order valence-electron chi connectivity index (χ1n) is 31.7. The summed E-state index contributed by atoms with van der Waals surface area (Å²) >= 11 is 7.20. The number of hydrogen-bond acceptors (Lipinski definition) is 11. The number of fused-ring (bicyclic) bond motifs is 5. The van der Waals surface area contributed by atoms with E-state index in [0.29, 0.717) is 25.5 Å². The van der Waals surface area contributed by atoms with E-state index in [4.69, 9.17) is 34.6 Å². The van der Waals surface area contributed by atoms with Crippen molar-refractivity contribution < 1.29 is 32.2 Å². The fraction of sp³-hybridized carbons (Fsp3) is 0.197. The van der Waals surface area contributed by atoms with E-state index in [9.17, 15) is 4.21 Å². The lowest BCUT2D eigenvalue weighted by atomic mass is 9.64. The summed E-state index contributed by atoms with van der Waals surface area (Å²) in [6.07, 6.45) is 2.10. The summed E-state index contributed by atoms with van der Waals surface area (Å²) in [5.41, 5.74) is 18.2. The average molecular weight is 1330 g/mol. The van der Waals surface area contributed by atoms with Crippen LogP contribution in [-0.4, -0.2) is 45.0 Å². The predicted molar refractivity (Wildman–Crippen MR) is 398 cm³/mol. The Labute approximate surface area is 577 Å². The van der Waals surface area contributed by atoms with E-state index >= 15 is 0 Å². The highest BCUT2D eigenvalue weighted by Crippen LogP contribution is 2.33. The van der Waals surface area contributed by atoms with Crippen LogP contribution in [0.25, 0.3) is 4.85 Å². The van der Waals surface area contributed by atoms with E-state index in [1.54, 1.807) is 17.8 Å². The summed E-state index contributed by atoms with van der Waals surface area (Å²) in [5, 5.41) is 0. The normalized spacial score (nSPS) is 13.9. The maximum Gasteiger partial charge on any atom is 0.324 e. The Morgan fingerprint density at radius 1 is 0.404 bits per heavy atom. The second-order valence-electron chi connectivity index (χ2n) is 23.8. The molecule has 5 aliphatic heterocycles. The number of thioether (sulfide) groups is 1. The number of benzene rings is 10. The molecule has 94 heavy (non-hydrogen) atoms. The molecule has 1 atom stereocenters. The molecule has 0 spiro atoms. The van der Waals surface area contributed by atoms with Crippen molar-refractivity contribution in [2.45, 2.75) is 139 Å². The third-order valence-electron chi connectivity index (χ3n) is 16.9. The molecule has 5 heterocycles. The van der Waals surface area contributed by atoms with Crippen molar-refractivity contribution in [2.24, 2.45) is 0 Å². The minimum atomic E-state index is -1.12. The van der Waals surface area contributed by atoms with Gasteiger partial charge in [0.2, 0.25) is 0 Å². The number of aryl methyl sites for hydroxylation is 3. The molecule has 15 rings (SSSR count). The molecule has 5 aliphatic rings. The lowest BCUT2D eigenvalue weighted by molar-refractivity contribution is 0.303. The predicted octanol–water partition coefficient (Wildman–Crippen LogP) is 16.6. The van der Waals surface area contributed by atoms with Crippen LogP contribution in [0.2, 0.25) is 34.1 Å². The molecule has 1 unspecified atom stereocenters. The fourth-order valence-corrected chi connectivity index (χ4v) is 15.4. The molecular weight excluding hydrogens is 1250 g/mol. The van der Waals surface area contributed by atoms with E-state index < -0.39 is 10.8 Å². The van der Waals surface area contributed by atoms with E-state index in [0.717, 1.165) is 46.4 Å². The number of rotatable bonds is 12. The smallest absolute Gasteiger partial charge is 0.324 e. The Kier molecular flexibility index (Phi) is 23.9. The molecular formula is C76H74B5NO7S5. The van der Waals surface area contributed by atoms with Crippen molar-refractivity contribution in [2.75, 3.05) is 6.26 Å². The number of nitrogens with zero attached hydrogens (tertiary/aromatic N) is 1. The van der Waals surface area contributed by atoms with Gasteiger partial charge in [0.15, 0.2) is 5.69 Å². The molecule has 0 N–H and O–H groups in total. The van der Waals surface area contributed by atoms with Gasteiger partial charge in [0.1, 0.15) is 12.4 Å². The first kappa shape index (κ1) is 68.5. The van der Waals surface area contributed by atoms with Gasteiger partial charge < -0.3 is 28.0 Å². The monoisotopic (exact) mass is 1330 g/mol. The van der Waals surface area contributed by atoms with Crippen molar-refractivity contribution in [3.05, 3.63) is 274 Å². The Morgan fingerprint density at radius 2 is 0.777 bits per heavy atom. The molecule has 0 fully saturated rings. The topological polar surface area (TPSA) is 76.8 Å². The zero-order chi connectivity index (χ0) is 65.7. The third-order valence-corrected chi connectivity index (χ3v) is 22.0. The molecule has 0 radical (unpaired) electrons. The standard InChI is InChI=1S/C16H14BNO2.C15H15BO2S.C15H15BOS2.2C15H15BOS/c1-17-16-7-6-15(9-13(16)11-20-17)19-10-12-4-3-5-14(8-12)18-2;1-11-3-6-13(7-4-11)19(17)14-8-5-12-10-18-16(2)15(12)9-14;1-16-15-9-14(4-3-11(15)10-17-16)19-13-7-5-12(18-2)6-8-13;2*1-11-3-6-13(7-4-11)18-14-8-5-12-10-17-16(2)15(12)9-14/h3-9H,10-11H2,1H3;2*3-9H,10H2,1-2H3;2*3-9H,10H2,1-2H3. The molecule has 0 saturated carbocycles. The summed E-state index contributed by atoms with van der Waals surface area (Å²) in [5.74, 6) is 0.842. The van der Waals surface area contributed by atoms with Crippen molar-refractivity contribution in [1.82, 2.24) is 0 Å². The first-order valence-corrected chi connectivity index (χ1v) is 36.5. The maximum atomic E-state index is 12.5. The van der Waals surface area contributed by atoms with Crippen LogP contribution >= 0.6 is 47.0 Å². The summed E-state index contributed by atoms with van der Waals surface area (Å²) < 4.78 is 46.4. The van der Waals surface area contributed by atoms with Gasteiger partial charge in [-0.05, 0) is 197 Å². The van der Waals surface area contributed by atoms with Gasteiger partial charge in [0.05, 0.1) is 50.4 Å². The minimum Gasteiger partial charge on any atom is -0.489 e. The molecule has 10 aromatic carbocycles. The van der Waals surface area contributed by atoms with Gasteiger partial charge in [0, 0.05) is 44.1 Å². The third kappa shape index (κ3) is 18.2. The molecule has 8 nitrogen and oxygen atoms in total. The van der Waals surface area contributed by atoms with Crippen molar-refractivity contribution >= 4 is 125 Å². The van der Waals surface area contributed by atoms with Crippen LogP contribution in [0.1, 0.15) is 50.1 Å². The van der Waals surface area contributed by atoms with Crippen LogP contribution in [0.5, 0.6) is 5.75 Å². The van der Waals surface area contributed by atoms with Crippen LogP contribution in [0.15, 0.2) is 256 Å². The molecule has 0 amide bonds. The van der Waals surface area contributed by atoms with E-state index in [1.807, 2.05) is 122 Å². The second-order valence-corrected chi connectivity index (χ2v) is 29.6. The van der Waals surface area contributed by atoms with Gasteiger partial charge in [-0.25, -0.2) is 9.05 Å². The lowest BCUT2D eigenvalue weighted by Gasteiger charge is -2.08. The summed E-state index contributed by atoms with van der Waals surface area (Å²) in [7, 11) is -1.12. The van der Waals surface area contributed by atoms with Gasteiger partial charge in [-0.3, -0.25) is 0 Å². The molecule has 0 bridgehead atoms. The van der Waals surface area contributed by atoms with Gasteiger partial charge >= 0.3 is 34.6 Å². The van der Waals surface area contributed by atoms with Crippen LogP contribution < -0.4 is 32.1 Å². The second kappa shape index (κ2) is 32.7. The van der Waals surface area contributed by atoms with Gasteiger partial charge in [0.25, 0.3) is 0 Å². The molecule has 470 valence electrons. The Balaban J connectivity index is 0.000000120. The van der Waals surface area contributed by atoms with Gasteiger partial charge in [-0.15, -0.1) is 11.8 Å². The SMILES string of the molecule is CB1OCc2ccc(S(=O)c3ccc(C)cc3)cc21.CB1OCc2ccc(Sc3ccc(C)cc3)cc21.CB1OCc2ccc(Sc3ccc(C)cc3)cc21.CSc1ccc(Sc2ccc3c(c2)B(C)OC3)cc1.[C-]#[N+]c1cccc(COc2ccc3c(c2)COB3C)c1. The molecule has 0 aliphatic carbocycles. The van der Waals surface area contributed by atoms with Crippen molar-refractivity contribution in [3.8, 4) is 5.75 Å². The highest BCUT2D eigenvalue weighted by atomic mass is 32.2. The summed E-state index contributed by atoms with van der Waals surface area (Å²) in [6, 6.07) is 73.3. The average Bonchev–Trinajstić information content (AvgIpc) is 1.65. The summed E-state index contributed by atoms with van der Waals surface area (Å²) in [6.45, 7) is 28.7. The van der Waals surface area contributed by atoms with Crippen LogP contribution in [0.4, 0.5) is 5.69 Å². The number of hydrogen-bond donors (Lipinski definition) is 0. The van der Waals surface area contributed by atoms with Crippen molar-refractivity contribution in [1.29, 1.82) is 0 Å². The highest BCUT2D eigenvalue weighted by molar-refractivity contribution is 8.00. The largest absolute Gasteiger partial charge is 0.489 e. The Hall–Kier alpha value is -6.84. The van der Waals surface area contributed by atoms with E-state index in [-0.39, 0.29) is 34.6 Å². The van der Waals surface area contributed by atoms with Crippen LogP contribution in [-0.2, 0) is 73.7 Å². The Bertz CT molecular complexity index is 4210. The minimum absolute atomic E-state index is 0.102. The quantitative estimate of drug-likeness (QED) is 0.0667. The molecule has 0 saturated heterocycles. The molecule has 10 aromatic rings.